The summed E-state index contributed by atoms with van der Waals surface area (Å²) in [5.74, 6) is 0.908. The fraction of sp³-hybridized carbons (Fsp3) is 0.500. The van der Waals surface area contributed by atoms with E-state index in [1.807, 2.05) is 44.3 Å². The standard InChI is InChI=1S/C16H24N6O.HI/c1-17-16(18-8-13-4-5-20(2)10-13)22-6-7-23-15(12-22)14-9-19-21(3)11-14;/h4-5,9-11,15H,6-8,12H2,1-3H3,(H,17,18);1H. The molecule has 0 saturated carbocycles. The van der Waals surface area contributed by atoms with Gasteiger partial charge in [0.2, 0.25) is 0 Å². The fourth-order valence-corrected chi connectivity index (χ4v) is 2.83. The minimum atomic E-state index is 0. The molecule has 132 valence electrons. The molecule has 0 aromatic carbocycles. The second kappa shape index (κ2) is 8.52. The normalized spacial score (nSPS) is 18.4. The highest BCUT2D eigenvalue weighted by Gasteiger charge is 2.25. The monoisotopic (exact) mass is 444 g/mol. The Balaban J connectivity index is 0.00000208. The summed E-state index contributed by atoms with van der Waals surface area (Å²) in [6.45, 7) is 3.07. The first kappa shape index (κ1) is 18.8. The van der Waals surface area contributed by atoms with Crippen molar-refractivity contribution in [2.45, 2.75) is 12.6 Å². The van der Waals surface area contributed by atoms with E-state index >= 15 is 0 Å². The van der Waals surface area contributed by atoms with E-state index < -0.39 is 0 Å². The van der Waals surface area contributed by atoms with Crippen LogP contribution < -0.4 is 5.32 Å². The summed E-state index contributed by atoms with van der Waals surface area (Å²) in [5.41, 5.74) is 2.35. The van der Waals surface area contributed by atoms with Crippen molar-refractivity contribution >= 4 is 29.9 Å². The van der Waals surface area contributed by atoms with E-state index in [0.29, 0.717) is 6.61 Å². The molecule has 3 rings (SSSR count). The van der Waals surface area contributed by atoms with Crippen LogP contribution in [0.2, 0.25) is 0 Å². The lowest BCUT2D eigenvalue weighted by Gasteiger charge is -2.34. The zero-order valence-corrected chi connectivity index (χ0v) is 16.7. The van der Waals surface area contributed by atoms with Crippen molar-refractivity contribution in [1.29, 1.82) is 0 Å². The van der Waals surface area contributed by atoms with E-state index in [0.717, 1.165) is 31.2 Å². The lowest BCUT2D eigenvalue weighted by Crippen LogP contribution is -2.47. The molecule has 2 aromatic rings. The summed E-state index contributed by atoms with van der Waals surface area (Å²) < 4.78 is 9.74. The minimum Gasteiger partial charge on any atom is -0.370 e. The number of aryl methyl sites for hydroxylation is 2. The molecule has 0 radical (unpaired) electrons. The van der Waals surface area contributed by atoms with Crippen LogP contribution in [0.25, 0.3) is 0 Å². The predicted molar refractivity (Wildman–Crippen MR) is 105 cm³/mol. The van der Waals surface area contributed by atoms with E-state index in [-0.39, 0.29) is 30.1 Å². The smallest absolute Gasteiger partial charge is 0.194 e. The Kier molecular flexibility index (Phi) is 6.67. The molecule has 1 saturated heterocycles. The third-order valence-electron chi connectivity index (χ3n) is 4.02. The summed E-state index contributed by atoms with van der Waals surface area (Å²) in [6, 6.07) is 2.11. The maximum absolute atomic E-state index is 5.89. The first-order chi connectivity index (χ1) is 11.2. The Morgan fingerprint density at radius 1 is 1.42 bits per heavy atom. The van der Waals surface area contributed by atoms with Crippen LogP contribution in [0.3, 0.4) is 0 Å². The van der Waals surface area contributed by atoms with Crippen LogP contribution in [0.5, 0.6) is 0 Å². The molecule has 24 heavy (non-hydrogen) atoms. The average Bonchev–Trinajstić information content (AvgIpc) is 3.17. The molecule has 2 aromatic heterocycles. The molecule has 3 heterocycles. The van der Waals surface area contributed by atoms with Crippen LogP contribution in [0, 0.1) is 0 Å². The van der Waals surface area contributed by atoms with Gasteiger partial charge in [0, 0.05) is 58.4 Å². The molecule has 0 aliphatic carbocycles. The van der Waals surface area contributed by atoms with Crippen LogP contribution in [0.1, 0.15) is 17.2 Å². The highest BCUT2D eigenvalue weighted by molar-refractivity contribution is 14.0. The minimum absolute atomic E-state index is 0. The molecule has 1 aliphatic rings. The van der Waals surface area contributed by atoms with Gasteiger partial charge in [-0.2, -0.15) is 5.10 Å². The number of hydrogen-bond acceptors (Lipinski definition) is 3. The first-order valence-corrected chi connectivity index (χ1v) is 7.82. The van der Waals surface area contributed by atoms with E-state index in [4.69, 9.17) is 4.74 Å². The average molecular weight is 444 g/mol. The zero-order chi connectivity index (χ0) is 16.2. The highest BCUT2D eigenvalue weighted by atomic mass is 127. The summed E-state index contributed by atoms with van der Waals surface area (Å²) in [4.78, 5) is 6.66. The largest absolute Gasteiger partial charge is 0.370 e. The van der Waals surface area contributed by atoms with Gasteiger partial charge in [0.05, 0.1) is 19.3 Å². The van der Waals surface area contributed by atoms with Gasteiger partial charge in [0.1, 0.15) is 6.10 Å². The van der Waals surface area contributed by atoms with E-state index in [1.165, 1.54) is 5.56 Å². The molecule has 1 N–H and O–H groups in total. The lowest BCUT2D eigenvalue weighted by molar-refractivity contribution is -0.00805. The van der Waals surface area contributed by atoms with Crippen LogP contribution in [-0.4, -0.2) is 52.0 Å². The molecule has 0 spiro atoms. The summed E-state index contributed by atoms with van der Waals surface area (Å²) in [7, 11) is 5.77. The second-order valence-corrected chi connectivity index (χ2v) is 5.84. The summed E-state index contributed by atoms with van der Waals surface area (Å²) in [6.07, 6.45) is 8.07. The van der Waals surface area contributed by atoms with Crippen molar-refractivity contribution in [2.24, 2.45) is 19.1 Å². The van der Waals surface area contributed by atoms with Gasteiger partial charge in [0.25, 0.3) is 0 Å². The third-order valence-corrected chi connectivity index (χ3v) is 4.02. The van der Waals surface area contributed by atoms with Crippen LogP contribution in [0.15, 0.2) is 35.8 Å². The second-order valence-electron chi connectivity index (χ2n) is 5.84. The SMILES string of the molecule is CN=C(NCc1ccn(C)c1)N1CCOC(c2cnn(C)c2)C1.I. The number of morpholine rings is 1. The number of rotatable bonds is 3. The predicted octanol–water partition coefficient (Wildman–Crippen LogP) is 1.53. The Morgan fingerprint density at radius 2 is 2.25 bits per heavy atom. The van der Waals surface area contributed by atoms with Crippen LogP contribution in [-0.2, 0) is 25.4 Å². The van der Waals surface area contributed by atoms with Gasteiger partial charge in [-0.25, -0.2) is 0 Å². The molecule has 7 nitrogen and oxygen atoms in total. The molecule has 1 fully saturated rings. The van der Waals surface area contributed by atoms with Crippen LogP contribution in [0.4, 0.5) is 0 Å². The number of halogens is 1. The molecule has 1 atom stereocenters. The lowest BCUT2D eigenvalue weighted by atomic mass is 10.1. The van der Waals surface area contributed by atoms with E-state index in [9.17, 15) is 0 Å². The van der Waals surface area contributed by atoms with E-state index in [1.54, 1.807) is 4.68 Å². The van der Waals surface area contributed by atoms with Gasteiger partial charge in [-0.05, 0) is 11.6 Å². The van der Waals surface area contributed by atoms with Gasteiger partial charge in [0.15, 0.2) is 5.96 Å². The summed E-state index contributed by atoms with van der Waals surface area (Å²) in [5, 5.41) is 7.66. The van der Waals surface area contributed by atoms with Crippen molar-refractivity contribution in [3.05, 3.63) is 42.0 Å². The number of guanidine groups is 1. The van der Waals surface area contributed by atoms with Gasteiger partial charge in [-0.3, -0.25) is 9.67 Å². The number of nitrogens with zero attached hydrogens (tertiary/aromatic N) is 5. The van der Waals surface area contributed by atoms with Gasteiger partial charge in [-0.1, -0.05) is 0 Å². The zero-order valence-electron chi connectivity index (χ0n) is 14.3. The third kappa shape index (κ3) is 4.50. The van der Waals surface area contributed by atoms with Gasteiger partial charge < -0.3 is 19.5 Å². The topological polar surface area (TPSA) is 59.6 Å². The van der Waals surface area contributed by atoms with Gasteiger partial charge in [-0.15, -0.1) is 24.0 Å². The fourth-order valence-electron chi connectivity index (χ4n) is 2.83. The maximum Gasteiger partial charge on any atom is 0.194 e. The molecular weight excluding hydrogens is 419 g/mol. The van der Waals surface area contributed by atoms with Crippen LogP contribution >= 0.6 is 24.0 Å². The Bertz CT molecular complexity index is 680. The molecule has 8 heteroatoms. The number of ether oxygens (including phenoxy) is 1. The van der Waals surface area contributed by atoms with Crippen molar-refractivity contribution in [3.8, 4) is 0 Å². The number of aliphatic imine (C=N–C) groups is 1. The number of hydrogen-bond donors (Lipinski definition) is 1. The number of nitrogens with one attached hydrogen (secondary N) is 1. The highest BCUT2D eigenvalue weighted by Crippen LogP contribution is 2.21. The van der Waals surface area contributed by atoms with Crippen molar-refractivity contribution in [1.82, 2.24) is 24.6 Å². The number of aromatic nitrogens is 3. The Hall–Kier alpha value is -1.55. The summed E-state index contributed by atoms with van der Waals surface area (Å²) >= 11 is 0. The first-order valence-electron chi connectivity index (χ1n) is 7.82. The van der Waals surface area contributed by atoms with Crippen molar-refractivity contribution in [3.63, 3.8) is 0 Å². The quantitative estimate of drug-likeness (QED) is 0.443. The molecule has 0 bridgehead atoms. The van der Waals surface area contributed by atoms with Crippen molar-refractivity contribution in [2.75, 3.05) is 26.7 Å². The van der Waals surface area contributed by atoms with E-state index in [2.05, 4.69) is 32.6 Å². The van der Waals surface area contributed by atoms with Crippen molar-refractivity contribution < 1.29 is 4.74 Å². The van der Waals surface area contributed by atoms with Gasteiger partial charge >= 0.3 is 0 Å². The molecule has 1 unspecified atom stereocenters. The molecule has 0 amide bonds. The molecule has 1 aliphatic heterocycles. The maximum atomic E-state index is 5.89. The Morgan fingerprint density at radius 3 is 2.88 bits per heavy atom. The Labute approximate surface area is 159 Å². The molecular formula is C16H25IN6O.